The second-order valence-electron chi connectivity index (χ2n) is 5.86. The van der Waals surface area contributed by atoms with E-state index in [-0.39, 0.29) is 18.4 Å². The van der Waals surface area contributed by atoms with E-state index in [0.717, 1.165) is 24.3 Å². The number of β-amino-alcohol motifs (C(OH)–C–C–N with tert-alkyl or cyclic N) is 1. The molecule has 0 unspecified atom stereocenters. The van der Waals surface area contributed by atoms with Crippen molar-refractivity contribution >= 4 is 22.4 Å². The highest BCUT2D eigenvalue weighted by atomic mass is 32.1. The molecule has 1 aromatic carbocycles. The Kier molecular flexibility index (Phi) is 5.44. The van der Waals surface area contributed by atoms with Crippen LogP contribution in [-0.4, -0.2) is 53.7 Å². The van der Waals surface area contributed by atoms with E-state index in [2.05, 4.69) is 10.3 Å². The summed E-state index contributed by atoms with van der Waals surface area (Å²) in [5.41, 5.74) is 1.11. The van der Waals surface area contributed by atoms with Crippen LogP contribution in [0.15, 0.2) is 35.8 Å². The number of aliphatic hydroxyl groups excluding tert-OH is 1. The van der Waals surface area contributed by atoms with Crippen LogP contribution in [0.2, 0.25) is 0 Å². The lowest BCUT2D eigenvalue weighted by molar-refractivity contribution is -0.118. The van der Waals surface area contributed by atoms with Crippen LogP contribution >= 0.6 is 11.3 Å². The zero-order chi connectivity index (χ0) is 16.9. The van der Waals surface area contributed by atoms with Crippen LogP contribution in [0.4, 0.5) is 5.13 Å². The van der Waals surface area contributed by atoms with Crippen molar-refractivity contribution in [3.63, 3.8) is 0 Å². The third-order valence-corrected chi connectivity index (χ3v) is 4.94. The number of anilines is 1. The first-order chi connectivity index (χ1) is 11.7. The van der Waals surface area contributed by atoms with Crippen LogP contribution in [0, 0.1) is 0 Å². The number of likely N-dealkylation sites (tertiary alicyclic amines) is 1. The fourth-order valence-electron chi connectivity index (χ4n) is 3.03. The summed E-state index contributed by atoms with van der Waals surface area (Å²) in [6.07, 6.45) is 1.99. The number of thiazole rings is 1. The highest BCUT2D eigenvalue weighted by Gasteiger charge is 2.29. The number of benzene rings is 1. The predicted molar refractivity (Wildman–Crippen MR) is 93.5 cm³/mol. The third kappa shape index (κ3) is 4.11. The van der Waals surface area contributed by atoms with Crippen molar-refractivity contribution < 1.29 is 14.6 Å². The average molecular weight is 347 g/mol. The van der Waals surface area contributed by atoms with E-state index in [9.17, 15) is 9.90 Å². The Balaban J connectivity index is 1.53. The Morgan fingerprint density at radius 2 is 2.25 bits per heavy atom. The molecule has 0 aliphatic carbocycles. The van der Waals surface area contributed by atoms with Crippen molar-refractivity contribution in [3.8, 4) is 5.75 Å². The van der Waals surface area contributed by atoms with Gasteiger partial charge in [0.25, 0.3) is 0 Å². The zero-order valence-corrected chi connectivity index (χ0v) is 14.3. The molecule has 0 bridgehead atoms. The Morgan fingerprint density at radius 3 is 2.88 bits per heavy atom. The van der Waals surface area contributed by atoms with Crippen molar-refractivity contribution in [2.75, 3.05) is 32.1 Å². The quantitative estimate of drug-likeness (QED) is 0.865. The molecule has 7 heteroatoms. The maximum absolute atomic E-state index is 12.0. The molecule has 1 aliphatic heterocycles. The number of carbonyl (C=O) groups is 1. The second kappa shape index (κ2) is 7.74. The number of aliphatic hydroxyl groups is 1. The maximum atomic E-state index is 12.0. The van der Waals surface area contributed by atoms with E-state index >= 15 is 0 Å². The van der Waals surface area contributed by atoms with Crippen molar-refractivity contribution in [3.05, 3.63) is 41.4 Å². The van der Waals surface area contributed by atoms with Gasteiger partial charge in [-0.2, -0.15) is 0 Å². The smallest absolute Gasteiger partial charge is 0.240 e. The van der Waals surface area contributed by atoms with Gasteiger partial charge in [-0.3, -0.25) is 9.69 Å². The zero-order valence-electron chi connectivity index (χ0n) is 13.5. The Bertz CT molecular complexity index is 660. The Morgan fingerprint density at radius 1 is 1.46 bits per heavy atom. The van der Waals surface area contributed by atoms with Gasteiger partial charge < -0.3 is 15.2 Å². The predicted octanol–water partition coefficient (Wildman–Crippen LogP) is 1.94. The molecular weight excluding hydrogens is 326 g/mol. The maximum Gasteiger partial charge on any atom is 0.240 e. The fraction of sp³-hybridized carbons (Fsp3) is 0.412. The van der Waals surface area contributed by atoms with Crippen molar-refractivity contribution in [2.24, 2.45) is 0 Å². The molecular formula is C17H21N3O3S. The normalized spacial score (nSPS) is 21.4. The SMILES string of the molecule is COc1ccc([C@@H]2CCN(CC(=O)Nc3nccs3)C[C@H]2O)cc1. The van der Waals surface area contributed by atoms with Crippen LogP contribution in [0.5, 0.6) is 5.75 Å². The molecule has 0 spiro atoms. The van der Waals surface area contributed by atoms with E-state index in [4.69, 9.17) is 4.74 Å². The summed E-state index contributed by atoms with van der Waals surface area (Å²) in [4.78, 5) is 18.0. The standard InChI is InChI=1S/C17H21N3O3S/c1-23-13-4-2-12(3-5-13)14-6-8-20(10-15(14)21)11-16(22)19-17-18-7-9-24-17/h2-5,7,9,14-15,21H,6,8,10-11H2,1H3,(H,18,19,22)/t14-,15+/m0/s1. The molecule has 6 nitrogen and oxygen atoms in total. The molecule has 3 rings (SSSR count). The molecule has 2 atom stereocenters. The van der Waals surface area contributed by atoms with Gasteiger partial charge in [0.2, 0.25) is 5.91 Å². The average Bonchev–Trinajstić information content (AvgIpc) is 3.08. The monoisotopic (exact) mass is 347 g/mol. The molecule has 128 valence electrons. The summed E-state index contributed by atoms with van der Waals surface area (Å²) >= 11 is 1.39. The number of nitrogens with zero attached hydrogens (tertiary/aromatic N) is 2. The van der Waals surface area contributed by atoms with Gasteiger partial charge in [0, 0.05) is 24.0 Å². The van der Waals surface area contributed by atoms with E-state index in [1.807, 2.05) is 34.5 Å². The number of hydrogen-bond acceptors (Lipinski definition) is 6. The number of hydrogen-bond donors (Lipinski definition) is 2. The summed E-state index contributed by atoms with van der Waals surface area (Å²) < 4.78 is 5.17. The molecule has 24 heavy (non-hydrogen) atoms. The van der Waals surface area contributed by atoms with Crippen LogP contribution in [-0.2, 0) is 4.79 Å². The van der Waals surface area contributed by atoms with Crippen molar-refractivity contribution in [1.82, 2.24) is 9.88 Å². The minimum atomic E-state index is -0.486. The minimum absolute atomic E-state index is 0.0918. The van der Waals surface area contributed by atoms with Gasteiger partial charge in [-0.1, -0.05) is 12.1 Å². The molecule has 1 aromatic heterocycles. The summed E-state index contributed by atoms with van der Waals surface area (Å²) in [6.45, 7) is 1.53. The largest absolute Gasteiger partial charge is 0.497 e. The van der Waals surface area contributed by atoms with Crippen LogP contribution < -0.4 is 10.1 Å². The summed E-state index contributed by atoms with van der Waals surface area (Å²) in [6, 6.07) is 7.82. The van der Waals surface area contributed by atoms with Crippen molar-refractivity contribution in [1.29, 1.82) is 0 Å². The number of aromatic nitrogens is 1. The minimum Gasteiger partial charge on any atom is -0.497 e. The third-order valence-electron chi connectivity index (χ3n) is 4.26. The first-order valence-corrected chi connectivity index (χ1v) is 8.77. The molecule has 1 amide bonds. The van der Waals surface area contributed by atoms with Crippen LogP contribution in [0.3, 0.4) is 0 Å². The van der Waals surface area contributed by atoms with E-state index < -0.39 is 6.10 Å². The first-order valence-electron chi connectivity index (χ1n) is 7.89. The van der Waals surface area contributed by atoms with Gasteiger partial charge in [0.15, 0.2) is 5.13 Å². The molecule has 2 heterocycles. The highest BCUT2D eigenvalue weighted by molar-refractivity contribution is 7.13. The number of ether oxygens (including phenoxy) is 1. The lowest BCUT2D eigenvalue weighted by Gasteiger charge is -2.35. The Labute approximate surface area is 145 Å². The fourth-order valence-corrected chi connectivity index (χ4v) is 3.57. The molecule has 0 saturated carbocycles. The lowest BCUT2D eigenvalue weighted by atomic mass is 9.87. The summed E-state index contributed by atoms with van der Waals surface area (Å²) in [7, 11) is 1.64. The summed E-state index contributed by atoms with van der Waals surface area (Å²) in [5, 5.41) is 15.7. The first kappa shape index (κ1) is 16.9. The van der Waals surface area contributed by atoms with Gasteiger partial charge in [-0.15, -0.1) is 11.3 Å². The van der Waals surface area contributed by atoms with Gasteiger partial charge in [-0.05, 0) is 30.7 Å². The molecule has 1 saturated heterocycles. The summed E-state index contributed by atoms with van der Waals surface area (Å²) in [5.74, 6) is 0.804. The Hall–Kier alpha value is -1.96. The number of carbonyl (C=O) groups excluding carboxylic acids is 1. The van der Waals surface area contributed by atoms with E-state index in [0.29, 0.717) is 11.7 Å². The van der Waals surface area contributed by atoms with Gasteiger partial charge in [0.05, 0.1) is 19.8 Å². The topological polar surface area (TPSA) is 74.7 Å². The number of methoxy groups -OCH3 is 1. The van der Waals surface area contributed by atoms with Gasteiger partial charge in [0.1, 0.15) is 5.75 Å². The van der Waals surface area contributed by atoms with Crippen LogP contribution in [0.1, 0.15) is 17.9 Å². The van der Waals surface area contributed by atoms with Gasteiger partial charge >= 0.3 is 0 Å². The van der Waals surface area contributed by atoms with Gasteiger partial charge in [-0.25, -0.2) is 4.98 Å². The highest BCUT2D eigenvalue weighted by Crippen LogP contribution is 2.29. The lowest BCUT2D eigenvalue weighted by Crippen LogP contribution is -2.45. The van der Waals surface area contributed by atoms with E-state index in [1.165, 1.54) is 11.3 Å². The molecule has 2 N–H and O–H groups in total. The van der Waals surface area contributed by atoms with Crippen molar-refractivity contribution in [2.45, 2.75) is 18.4 Å². The molecule has 2 aromatic rings. The number of amides is 1. The molecule has 0 radical (unpaired) electrons. The number of piperidine rings is 1. The second-order valence-corrected chi connectivity index (χ2v) is 6.75. The number of rotatable bonds is 5. The molecule has 1 fully saturated rings. The van der Waals surface area contributed by atoms with Crippen LogP contribution in [0.25, 0.3) is 0 Å². The molecule has 1 aliphatic rings. The number of nitrogens with one attached hydrogen (secondary N) is 1. The van der Waals surface area contributed by atoms with E-state index in [1.54, 1.807) is 13.3 Å².